The van der Waals surface area contributed by atoms with Crippen LogP contribution in [0.3, 0.4) is 0 Å². The van der Waals surface area contributed by atoms with Gasteiger partial charge in [-0.05, 0) is 37.3 Å². The van der Waals surface area contributed by atoms with Crippen LogP contribution < -0.4 is 0 Å². The molecule has 3 heterocycles. The first-order chi connectivity index (χ1) is 13.1. The minimum absolute atomic E-state index is 0.461. The molecule has 0 fully saturated rings. The van der Waals surface area contributed by atoms with Gasteiger partial charge in [0.1, 0.15) is 5.76 Å². The van der Waals surface area contributed by atoms with Gasteiger partial charge in [0.05, 0.1) is 21.4 Å². The second-order valence-electron chi connectivity index (χ2n) is 5.70. The lowest BCUT2D eigenvalue weighted by atomic mass is 10.2. The molecule has 9 heteroatoms. The van der Waals surface area contributed by atoms with Crippen molar-refractivity contribution in [2.24, 2.45) is 0 Å². The van der Waals surface area contributed by atoms with Crippen molar-refractivity contribution in [1.82, 2.24) is 24.9 Å². The van der Waals surface area contributed by atoms with E-state index in [4.69, 9.17) is 27.7 Å². The summed E-state index contributed by atoms with van der Waals surface area (Å²) < 4.78 is 7.05. The summed E-state index contributed by atoms with van der Waals surface area (Å²) >= 11 is 13.8. The van der Waals surface area contributed by atoms with Crippen LogP contribution in [0.15, 0.2) is 58.5 Å². The van der Waals surface area contributed by atoms with Crippen LogP contribution in [-0.4, -0.2) is 24.9 Å². The normalized spacial score (nSPS) is 11.1. The summed E-state index contributed by atoms with van der Waals surface area (Å²) in [5.41, 5.74) is 2.50. The molecule has 0 aliphatic heterocycles. The summed E-state index contributed by atoms with van der Waals surface area (Å²) in [5, 5.41) is 14.4. The van der Waals surface area contributed by atoms with E-state index < -0.39 is 0 Å². The van der Waals surface area contributed by atoms with Crippen LogP contribution in [0.4, 0.5) is 0 Å². The second-order valence-corrected chi connectivity index (χ2v) is 7.46. The fourth-order valence-electron chi connectivity index (χ4n) is 2.53. The Morgan fingerprint density at radius 2 is 2.00 bits per heavy atom. The number of hydrogen-bond donors (Lipinski definition) is 0. The Bertz CT molecular complexity index is 1080. The molecule has 0 aliphatic carbocycles. The van der Waals surface area contributed by atoms with E-state index in [9.17, 15) is 0 Å². The molecule has 4 aromatic rings. The molecule has 27 heavy (non-hydrogen) atoms. The first-order valence-corrected chi connectivity index (χ1v) is 9.72. The van der Waals surface area contributed by atoms with Crippen LogP contribution in [0.5, 0.6) is 0 Å². The highest BCUT2D eigenvalue weighted by Crippen LogP contribution is 2.32. The third kappa shape index (κ3) is 3.85. The SMILES string of the molecule is Cc1cc(CSc2nnc(-c3cccnc3)n2-c2ccc(Cl)c(Cl)c2)no1. The van der Waals surface area contributed by atoms with Crippen molar-refractivity contribution in [1.29, 1.82) is 0 Å². The third-order valence-electron chi connectivity index (χ3n) is 3.74. The van der Waals surface area contributed by atoms with Gasteiger partial charge in [-0.2, -0.15) is 0 Å². The van der Waals surface area contributed by atoms with Crippen molar-refractivity contribution < 1.29 is 4.52 Å². The molecule has 0 saturated carbocycles. The van der Waals surface area contributed by atoms with E-state index >= 15 is 0 Å². The van der Waals surface area contributed by atoms with Crippen molar-refractivity contribution in [3.8, 4) is 17.1 Å². The van der Waals surface area contributed by atoms with Crippen molar-refractivity contribution in [3.05, 3.63) is 70.3 Å². The van der Waals surface area contributed by atoms with Crippen LogP contribution >= 0.6 is 35.0 Å². The topological polar surface area (TPSA) is 69.6 Å². The molecule has 0 bridgehead atoms. The number of nitrogens with zero attached hydrogens (tertiary/aromatic N) is 5. The first-order valence-electron chi connectivity index (χ1n) is 7.98. The fourth-order valence-corrected chi connectivity index (χ4v) is 3.65. The average Bonchev–Trinajstić information content (AvgIpc) is 3.29. The Morgan fingerprint density at radius 3 is 2.70 bits per heavy atom. The minimum Gasteiger partial charge on any atom is -0.361 e. The number of thioether (sulfide) groups is 1. The number of rotatable bonds is 5. The summed E-state index contributed by atoms with van der Waals surface area (Å²) in [6, 6.07) is 11.1. The van der Waals surface area contributed by atoms with Gasteiger partial charge in [0, 0.05) is 29.8 Å². The molecule has 0 aliphatic rings. The molecule has 0 unspecified atom stereocenters. The molecule has 1 aromatic carbocycles. The maximum atomic E-state index is 6.23. The molecule has 136 valence electrons. The average molecular weight is 418 g/mol. The van der Waals surface area contributed by atoms with Crippen molar-refractivity contribution in [2.45, 2.75) is 17.8 Å². The monoisotopic (exact) mass is 417 g/mol. The lowest BCUT2D eigenvalue weighted by Gasteiger charge is -2.11. The molecule has 3 aromatic heterocycles. The summed E-state index contributed by atoms with van der Waals surface area (Å²) in [5.74, 6) is 2.04. The second kappa shape index (κ2) is 7.72. The Kier molecular flexibility index (Phi) is 5.15. The first kappa shape index (κ1) is 18.0. The van der Waals surface area contributed by atoms with Gasteiger partial charge in [-0.15, -0.1) is 10.2 Å². The Hall–Kier alpha value is -2.35. The Balaban J connectivity index is 1.76. The molecule has 4 rings (SSSR count). The zero-order valence-electron chi connectivity index (χ0n) is 14.1. The maximum Gasteiger partial charge on any atom is 0.196 e. The van der Waals surface area contributed by atoms with Crippen molar-refractivity contribution in [2.75, 3.05) is 0 Å². The van der Waals surface area contributed by atoms with Gasteiger partial charge in [0.25, 0.3) is 0 Å². The number of aryl methyl sites for hydroxylation is 1. The maximum absolute atomic E-state index is 6.23. The molecule has 0 saturated heterocycles. The molecule has 0 spiro atoms. The highest BCUT2D eigenvalue weighted by molar-refractivity contribution is 7.98. The van der Waals surface area contributed by atoms with E-state index in [1.165, 1.54) is 11.8 Å². The summed E-state index contributed by atoms with van der Waals surface area (Å²) in [6.07, 6.45) is 3.46. The van der Waals surface area contributed by atoms with Crippen molar-refractivity contribution in [3.63, 3.8) is 0 Å². The van der Waals surface area contributed by atoms with Crippen LogP contribution in [0.1, 0.15) is 11.5 Å². The van der Waals surface area contributed by atoms with Gasteiger partial charge in [0.15, 0.2) is 11.0 Å². The standard InChI is InChI=1S/C18H13Cl2N5OS/c1-11-7-13(24-26-11)10-27-18-23-22-17(12-3-2-6-21-9-12)25(18)14-4-5-15(19)16(20)8-14/h2-9H,10H2,1H3. The molecule has 0 radical (unpaired) electrons. The third-order valence-corrected chi connectivity index (χ3v) is 5.44. The van der Waals surface area contributed by atoms with Crippen LogP contribution in [-0.2, 0) is 5.75 Å². The number of benzene rings is 1. The van der Waals surface area contributed by atoms with Gasteiger partial charge in [-0.25, -0.2) is 0 Å². The molecular formula is C18H13Cl2N5OS. The van der Waals surface area contributed by atoms with Gasteiger partial charge < -0.3 is 4.52 Å². The summed E-state index contributed by atoms with van der Waals surface area (Å²) in [4.78, 5) is 4.18. The lowest BCUT2D eigenvalue weighted by molar-refractivity contribution is 0.393. The summed E-state index contributed by atoms with van der Waals surface area (Å²) in [6.45, 7) is 1.86. The van der Waals surface area contributed by atoms with E-state index in [0.29, 0.717) is 26.8 Å². The predicted molar refractivity (Wildman–Crippen MR) is 105 cm³/mol. The van der Waals surface area contributed by atoms with E-state index in [1.807, 2.05) is 35.8 Å². The van der Waals surface area contributed by atoms with E-state index in [2.05, 4.69) is 20.3 Å². The quantitative estimate of drug-likeness (QED) is 0.414. The lowest BCUT2D eigenvalue weighted by Crippen LogP contribution is -2.00. The minimum atomic E-state index is 0.461. The van der Waals surface area contributed by atoms with Gasteiger partial charge in [0.2, 0.25) is 0 Å². The van der Waals surface area contributed by atoms with Crippen LogP contribution in [0.2, 0.25) is 10.0 Å². The zero-order valence-corrected chi connectivity index (χ0v) is 16.5. The van der Waals surface area contributed by atoms with Gasteiger partial charge in [-0.3, -0.25) is 9.55 Å². The number of halogens is 2. The Morgan fingerprint density at radius 1 is 1.11 bits per heavy atom. The van der Waals surface area contributed by atoms with Gasteiger partial charge >= 0.3 is 0 Å². The molecular weight excluding hydrogens is 405 g/mol. The highest BCUT2D eigenvalue weighted by Gasteiger charge is 2.17. The smallest absolute Gasteiger partial charge is 0.196 e. The van der Waals surface area contributed by atoms with E-state index in [0.717, 1.165) is 22.7 Å². The van der Waals surface area contributed by atoms with Crippen LogP contribution in [0, 0.1) is 6.92 Å². The predicted octanol–water partition coefficient (Wildman–Crippen LogP) is 5.22. The molecule has 0 amide bonds. The number of hydrogen-bond acceptors (Lipinski definition) is 6. The van der Waals surface area contributed by atoms with Crippen LogP contribution in [0.25, 0.3) is 17.1 Å². The van der Waals surface area contributed by atoms with Crippen molar-refractivity contribution >= 4 is 35.0 Å². The van der Waals surface area contributed by atoms with E-state index in [-0.39, 0.29) is 0 Å². The summed E-state index contributed by atoms with van der Waals surface area (Å²) in [7, 11) is 0. The molecule has 0 N–H and O–H groups in total. The number of aromatic nitrogens is 5. The largest absolute Gasteiger partial charge is 0.361 e. The Labute approximate surface area is 169 Å². The number of pyridine rings is 1. The molecule has 6 nitrogen and oxygen atoms in total. The fraction of sp³-hybridized carbons (Fsp3) is 0.111. The van der Waals surface area contributed by atoms with Gasteiger partial charge in [-0.1, -0.05) is 40.1 Å². The zero-order chi connectivity index (χ0) is 18.8. The highest BCUT2D eigenvalue weighted by atomic mass is 35.5. The molecule has 0 atom stereocenters. The van der Waals surface area contributed by atoms with E-state index in [1.54, 1.807) is 24.5 Å².